The van der Waals surface area contributed by atoms with Crippen LogP contribution in [0.1, 0.15) is 50.9 Å². The van der Waals surface area contributed by atoms with Crippen molar-refractivity contribution in [3.05, 3.63) is 104 Å². The van der Waals surface area contributed by atoms with Gasteiger partial charge in [-0.15, -0.1) is 0 Å². The Morgan fingerprint density at radius 3 is 2.15 bits per heavy atom. The number of carbonyl (C=O) groups is 5. The standard InChI is InChI=1S/C34H29N3O9S2/c1-3-44-32(41)18-8-12-21(13-9-18)35-24(38)17-46-23-7-5-6-20(16-23)25-26-28(47-29-27(25)48-34(43)36-29)31(40)37(30(26)39)22-14-10-19(11-15-22)33(42)45-4-2/h5-16,25-26,28H,3-4,17H2,1-2H3,(H,35,38)(H,36,43)/t25-,26-,28+/m0/s1. The van der Waals surface area contributed by atoms with Gasteiger partial charge in [0.1, 0.15) is 11.0 Å². The normalized spacial score (nSPS) is 18.1. The molecule has 2 aliphatic heterocycles. The smallest absolute Gasteiger partial charge is 0.338 e. The number of aromatic nitrogens is 1. The van der Waals surface area contributed by atoms with Gasteiger partial charge in [-0.2, -0.15) is 0 Å². The van der Waals surface area contributed by atoms with Crippen LogP contribution < -0.4 is 19.8 Å². The Morgan fingerprint density at radius 1 is 0.854 bits per heavy atom. The van der Waals surface area contributed by atoms with E-state index in [0.29, 0.717) is 43.7 Å². The lowest BCUT2D eigenvalue weighted by Crippen LogP contribution is -2.32. The summed E-state index contributed by atoms with van der Waals surface area (Å²) in [7, 11) is 0. The van der Waals surface area contributed by atoms with Crippen molar-refractivity contribution in [3.63, 3.8) is 0 Å². The van der Waals surface area contributed by atoms with Crippen LogP contribution >= 0.6 is 23.1 Å². The van der Waals surface area contributed by atoms with Crippen LogP contribution in [0.3, 0.4) is 0 Å². The predicted molar refractivity (Wildman–Crippen MR) is 178 cm³/mol. The Morgan fingerprint density at radius 2 is 1.50 bits per heavy atom. The van der Waals surface area contributed by atoms with Crippen LogP contribution in [0.25, 0.3) is 0 Å². The van der Waals surface area contributed by atoms with Crippen molar-refractivity contribution in [3.8, 4) is 5.75 Å². The molecule has 1 aromatic heterocycles. The zero-order valence-corrected chi connectivity index (χ0v) is 27.4. The first-order chi connectivity index (χ1) is 23.2. The Labute approximate surface area is 282 Å². The van der Waals surface area contributed by atoms with Gasteiger partial charge in [-0.25, -0.2) is 14.5 Å². The first-order valence-electron chi connectivity index (χ1n) is 15.0. The molecular weight excluding hydrogens is 659 g/mol. The van der Waals surface area contributed by atoms with E-state index >= 15 is 0 Å². The van der Waals surface area contributed by atoms with Gasteiger partial charge in [0.2, 0.25) is 11.8 Å². The molecule has 2 N–H and O–H groups in total. The van der Waals surface area contributed by atoms with E-state index in [1.807, 2.05) is 0 Å². The molecule has 246 valence electrons. The third kappa shape index (κ3) is 6.49. The van der Waals surface area contributed by atoms with E-state index in [-0.39, 0.29) is 24.7 Å². The van der Waals surface area contributed by atoms with E-state index in [2.05, 4.69) is 10.3 Å². The number of carbonyl (C=O) groups excluding carboxylic acids is 5. The number of imide groups is 1. The lowest BCUT2D eigenvalue weighted by atomic mass is 9.83. The molecule has 0 radical (unpaired) electrons. The lowest BCUT2D eigenvalue weighted by molar-refractivity contribution is -0.122. The number of fused-ring (bicyclic) bond motifs is 2. The highest BCUT2D eigenvalue weighted by Crippen LogP contribution is 2.53. The van der Waals surface area contributed by atoms with Crippen molar-refractivity contribution in [1.82, 2.24) is 4.98 Å². The monoisotopic (exact) mass is 687 g/mol. The van der Waals surface area contributed by atoms with E-state index in [1.54, 1.807) is 62.4 Å². The second kappa shape index (κ2) is 13.9. The van der Waals surface area contributed by atoms with Crippen LogP contribution in [-0.2, 0) is 23.9 Å². The largest absolute Gasteiger partial charge is 0.484 e. The molecule has 1 saturated heterocycles. The van der Waals surface area contributed by atoms with E-state index in [9.17, 15) is 28.8 Å². The molecule has 12 nitrogen and oxygen atoms in total. The average Bonchev–Trinajstić information content (AvgIpc) is 3.58. The van der Waals surface area contributed by atoms with Crippen LogP contribution in [0.4, 0.5) is 11.4 Å². The summed E-state index contributed by atoms with van der Waals surface area (Å²) in [6, 6.07) is 19.2. The summed E-state index contributed by atoms with van der Waals surface area (Å²) < 4.78 is 15.8. The maximum Gasteiger partial charge on any atom is 0.338 e. The molecular formula is C34H29N3O9S2. The number of amides is 3. The number of rotatable bonds is 10. The van der Waals surface area contributed by atoms with Crippen molar-refractivity contribution in [2.45, 2.75) is 30.0 Å². The summed E-state index contributed by atoms with van der Waals surface area (Å²) in [5.74, 6) is -3.40. The highest BCUT2D eigenvalue weighted by Gasteiger charge is 2.56. The highest BCUT2D eigenvalue weighted by atomic mass is 32.2. The van der Waals surface area contributed by atoms with Crippen LogP contribution in [0.2, 0.25) is 0 Å². The summed E-state index contributed by atoms with van der Waals surface area (Å²) in [6.45, 7) is 3.56. The molecule has 0 bridgehead atoms. The summed E-state index contributed by atoms with van der Waals surface area (Å²) in [4.78, 5) is 81.2. The Bertz CT molecular complexity index is 1950. The molecule has 6 rings (SSSR count). The number of H-pyrrole nitrogens is 1. The third-order valence-corrected chi connectivity index (χ3v) is 10.1. The molecule has 2 aliphatic rings. The molecule has 48 heavy (non-hydrogen) atoms. The van der Waals surface area contributed by atoms with Crippen LogP contribution in [0, 0.1) is 5.92 Å². The maximum atomic E-state index is 14.0. The Balaban J connectivity index is 1.21. The molecule has 0 aliphatic carbocycles. The minimum atomic E-state index is -0.831. The van der Waals surface area contributed by atoms with Crippen molar-refractivity contribution in [2.24, 2.45) is 5.92 Å². The van der Waals surface area contributed by atoms with Gasteiger partial charge in [-0.1, -0.05) is 35.2 Å². The van der Waals surface area contributed by atoms with Gasteiger partial charge >= 0.3 is 16.8 Å². The predicted octanol–water partition coefficient (Wildman–Crippen LogP) is 4.60. The molecule has 4 aromatic rings. The fraction of sp³-hybridized carbons (Fsp3) is 0.235. The van der Waals surface area contributed by atoms with E-state index < -0.39 is 46.7 Å². The minimum Gasteiger partial charge on any atom is -0.484 e. The first kappa shape index (κ1) is 32.7. The first-order valence-corrected chi connectivity index (χ1v) is 16.7. The second-order valence-corrected chi connectivity index (χ2v) is 12.9. The van der Waals surface area contributed by atoms with Gasteiger partial charge in [0.05, 0.1) is 41.0 Å². The molecule has 0 unspecified atom stereocenters. The Hall–Kier alpha value is -5.21. The number of hydrogen-bond acceptors (Lipinski definition) is 11. The fourth-order valence-electron chi connectivity index (χ4n) is 5.64. The van der Waals surface area contributed by atoms with E-state index in [0.717, 1.165) is 28.0 Å². The van der Waals surface area contributed by atoms with Gasteiger partial charge < -0.3 is 24.5 Å². The molecule has 1 fully saturated rings. The highest BCUT2D eigenvalue weighted by molar-refractivity contribution is 8.00. The van der Waals surface area contributed by atoms with Crippen molar-refractivity contribution in [2.75, 3.05) is 30.0 Å². The third-order valence-electron chi connectivity index (χ3n) is 7.73. The molecule has 3 amide bonds. The number of nitrogens with zero attached hydrogens (tertiary/aromatic N) is 1. The topological polar surface area (TPSA) is 161 Å². The zero-order chi connectivity index (χ0) is 33.9. The number of nitrogens with one attached hydrogen (secondary N) is 2. The van der Waals surface area contributed by atoms with Gasteiger partial charge in [0.15, 0.2) is 6.61 Å². The van der Waals surface area contributed by atoms with Crippen LogP contribution in [-0.4, -0.2) is 59.7 Å². The van der Waals surface area contributed by atoms with E-state index in [1.165, 1.54) is 24.3 Å². The summed E-state index contributed by atoms with van der Waals surface area (Å²) >= 11 is 2.14. The zero-order valence-electron chi connectivity index (χ0n) is 25.7. The van der Waals surface area contributed by atoms with Gasteiger partial charge in [-0.05, 0) is 80.1 Å². The van der Waals surface area contributed by atoms with E-state index in [4.69, 9.17) is 14.2 Å². The molecule has 0 saturated carbocycles. The molecule has 3 heterocycles. The summed E-state index contributed by atoms with van der Waals surface area (Å²) in [6.07, 6.45) is 0. The number of ether oxygens (including phenoxy) is 3. The lowest BCUT2D eigenvalue weighted by Gasteiger charge is -2.30. The van der Waals surface area contributed by atoms with Gasteiger partial charge in [-0.3, -0.25) is 19.2 Å². The SMILES string of the molecule is CCOC(=O)c1ccc(NC(=O)COc2cccc([C@@H]3c4sc(=O)[nH]c4S[C@H]4C(=O)N(c5ccc(C(=O)OCC)cc5)C(=O)[C@@H]34)c2)cc1. The summed E-state index contributed by atoms with van der Waals surface area (Å²) in [5, 5.41) is 2.43. The fourth-order valence-corrected chi connectivity index (χ4v) is 8.15. The average molecular weight is 688 g/mol. The van der Waals surface area contributed by atoms with Crippen LogP contribution in [0.15, 0.2) is 82.6 Å². The number of benzene rings is 3. The van der Waals surface area contributed by atoms with Crippen molar-refractivity contribution in [1.29, 1.82) is 0 Å². The number of hydrogen-bond donors (Lipinski definition) is 2. The number of anilines is 2. The number of thioether (sulfide) groups is 1. The summed E-state index contributed by atoms with van der Waals surface area (Å²) in [5.41, 5.74) is 2.08. The second-order valence-electron chi connectivity index (χ2n) is 10.7. The van der Waals surface area contributed by atoms with Crippen LogP contribution in [0.5, 0.6) is 5.75 Å². The quantitative estimate of drug-likeness (QED) is 0.178. The van der Waals surface area contributed by atoms with Crippen molar-refractivity contribution >= 4 is 64.1 Å². The number of thiazole rings is 1. The molecule has 14 heteroatoms. The van der Waals surface area contributed by atoms with Gasteiger partial charge in [0.25, 0.3) is 5.91 Å². The number of aromatic amines is 1. The maximum absolute atomic E-state index is 14.0. The van der Waals surface area contributed by atoms with Crippen molar-refractivity contribution < 1.29 is 38.2 Å². The Kier molecular flexibility index (Phi) is 9.46. The number of esters is 2. The van der Waals surface area contributed by atoms with Gasteiger partial charge in [0, 0.05) is 16.5 Å². The molecule has 3 aromatic carbocycles. The molecule has 3 atom stereocenters. The minimum absolute atomic E-state index is 0.214. The molecule has 0 spiro atoms.